The second-order valence-electron chi connectivity index (χ2n) is 8.67. The fraction of sp³-hybridized carbons (Fsp3) is 0.545. The lowest BCUT2D eigenvalue weighted by molar-refractivity contribution is -0.0498. The first-order chi connectivity index (χ1) is 14.0. The number of H-pyrrole nitrogens is 1. The van der Waals surface area contributed by atoms with E-state index in [1.165, 1.54) is 0 Å². The first-order valence-electron chi connectivity index (χ1n) is 10.4. The summed E-state index contributed by atoms with van der Waals surface area (Å²) in [5.41, 5.74) is 3.00. The Balaban J connectivity index is 1.35. The van der Waals surface area contributed by atoms with Gasteiger partial charge in [-0.25, -0.2) is 4.98 Å². The number of rotatable bonds is 5. The minimum Gasteiger partial charge on any atom is -0.435 e. The molecule has 5 rings (SSSR count). The molecule has 154 valence electrons. The molecule has 0 bridgehead atoms. The number of piperidine rings is 1. The van der Waals surface area contributed by atoms with Gasteiger partial charge in [0.2, 0.25) is 0 Å². The Morgan fingerprint density at radius 2 is 2.03 bits per heavy atom. The first-order valence-corrected chi connectivity index (χ1v) is 10.4. The van der Waals surface area contributed by atoms with Crippen molar-refractivity contribution in [3.8, 4) is 5.75 Å². The summed E-state index contributed by atoms with van der Waals surface area (Å²) in [6, 6.07) is 6.87. The molecule has 1 unspecified atom stereocenters. The lowest BCUT2D eigenvalue weighted by atomic mass is 9.77. The van der Waals surface area contributed by atoms with Gasteiger partial charge in [0.15, 0.2) is 0 Å². The number of nitrogens with zero attached hydrogens (tertiary/aromatic N) is 2. The summed E-state index contributed by atoms with van der Waals surface area (Å²) >= 11 is 0. The van der Waals surface area contributed by atoms with Crippen molar-refractivity contribution >= 4 is 0 Å². The minimum atomic E-state index is -2.80. The Morgan fingerprint density at radius 1 is 1.24 bits per heavy atom. The van der Waals surface area contributed by atoms with Crippen molar-refractivity contribution < 1.29 is 13.5 Å². The van der Waals surface area contributed by atoms with Gasteiger partial charge in [-0.3, -0.25) is 9.69 Å². The zero-order valence-corrected chi connectivity index (χ0v) is 16.3. The Bertz CT molecular complexity index is 956. The maximum atomic E-state index is 12.6. The van der Waals surface area contributed by atoms with Gasteiger partial charge in [-0.05, 0) is 62.8 Å². The van der Waals surface area contributed by atoms with Crippen LogP contribution in [0.15, 0.2) is 29.1 Å². The van der Waals surface area contributed by atoms with Gasteiger partial charge in [-0.1, -0.05) is 12.1 Å². The van der Waals surface area contributed by atoms with E-state index in [0.29, 0.717) is 5.92 Å². The molecule has 1 atom stereocenters. The van der Waals surface area contributed by atoms with Crippen LogP contribution in [0.3, 0.4) is 0 Å². The third-order valence-electron chi connectivity index (χ3n) is 6.56. The highest BCUT2D eigenvalue weighted by molar-refractivity contribution is 5.35. The van der Waals surface area contributed by atoms with Crippen molar-refractivity contribution in [2.45, 2.75) is 63.0 Å². The van der Waals surface area contributed by atoms with Crippen LogP contribution in [0.2, 0.25) is 0 Å². The summed E-state index contributed by atoms with van der Waals surface area (Å²) in [5.74, 6) is 1.49. The van der Waals surface area contributed by atoms with E-state index in [-0.39, 0.29) is 16.7 Å². The van der Waals surface area contributed by atoms with Crippen LogP contribution in [0.1, 0.15) is 60.7 Å². The van der Waals surface area contributed by atoms with Crippen molar-refractivity contribution in [2.24, 2.45) is 0 Å². The summed E-state index contributed by atoms with van der Waals surface area (Å²) in [4.78, 5) is 23.0. The molecule has 1 N–H and O–H groups in total. The average Bonchev–Trinajstić information content (AvgIpc) is 3.48. The zero-order valence-electron chi connectivity index (χ0n) is 16.3. The van der Waals surface area contributed by atoms with E-state index in [1.54, 1.807) is 12.1 Å². The maximum Gasteiger partial charge on any atom is 0.387 e. The molecule has 0 radical (unpaired) electrons. The molecule has 2 aromatic rings. The highest BCUT2D eigenvalue weighted by atomic mass is 19.3. The van der Waals surface area contributed by atoms with E-state index in [0.717, 1.165) is 80.8 Å². The topological polar surface area (TPSA) is 58.2 Å². The molecule has 2 aliphatic carbocycles. The van der Waals surface area contributed by atoms with Crippen LogP contribution in [-0.2, 0) is 18.4 Å². The van der Waals surface area contributed by atoms with Gasteiger partial charge in [0.05, 0.1) is 5.69 Å². The normalized spacial score (nSPS) is 24.2. The Kier molecular flexibility index (Phi) is 4.65. The number of halogens is 2. The van der Waals surface area contributed by atoms with Crippen LogP contribution in [0.4, 0.5) is 8.78 Å². The van der Waals surface area contributed by atoms with Gasteiger partial charge < -0.3 is 9.72 Å². The minimum absolute atomic E-state index is 0.0375. The summed E-state index contributed by atoms with van der Waals surface area (Å²) in [6.07, 6.45) is 6.15. The number of ether oxygens (including phenoxy) is 1. The molecule has 1 aliphatic heterocycles. The molecule has 2 heterocycles. The van der Waals surface area contributed by atoms with Crippen molar-refractivity contribution in [2.75, 3.05) is 13.1 Å². The average molecular weight is 401 g/mol. The highest BCUT2D eigenvalue weighted by Gasteiger charge is 2.45. The number of likely N-dealkylation sites (tertiary alicyclic amines) is 1. The third-order valence-corrected chi connectivity index (χ3v) is 6.56. The number of hydrogen-bond acceptors (Lipinski definition) is 4. The van der Waals surface area contributed by atoms with E-state index in [2.05, 4.69) is 14.6 Å². The van der Waals surface area contributed by atoms with Crippen LogP contribution < -0.4 is 10.3 Å². The number of benzene rings is 1. The van der Waals surface area contributed by atoms with E-state index in [1.807, 2.05) is 12.1 Å². The van der Waals surface area contributed by atoms with Crippen LogP contribution in [-0.4, -0.2) is 34.6 Å². The second kappa shape index (κ2) is 7.20. The molecule has 0 amide bonds. The smallest absolute Gasteiger partial charge is 0.387 e. The second-order valence-corrected chi connectivity index (χ2v) is 8.67. The van der Waals surface area contributed by atoms with Crippen LogP contribution in [0.5, 0.6) is 5.75 Å². The standard InChI is InChI=1S/C22H25F2N3O2/c23-21(24)29-16-6-2-14(3-7-16)12-27-11-1-9-22(13-27)10-8-17-18(22)25-19(15-4-5-15)26-20(17)28/h2-3,6-7,15,21H,1,4-5,8-13H2,(H,25,26,28). The van der Waals surface area contributed by atoms with Gasteiger partial charge in [-0.15, -0.1) is 0 Å². The van der Waals surface area contributed by atoms with Crippen molar-refractivity contribution in [1.29, 1.82) is 0 Å². The molecule has 1 spiro atoms. The summed E-state index contributed by atoms with van der Waals surface area (Å²) in [5, 5.41) is 0. The maximum absolute atomic E-state index is 12.6. The van der Waals surface area contributed by atoms with Crippen molar-refractivity contribution in [3.05, 3.63) is 57.3 Å². The fourth-order valence-corrected chi connectivity index (χ4v) is 5.01. The molecule has 7 heteroatoms. The third kappa shape index (κ3) is 3.68. The number of hydrogen-bond donors (Lipinski definition) is 1. The summed E-state index contributed by atoms with van der Waals surface area (Å²) in [6.45, 7) is -0.174. The lowest BCUT2D eigenvalue weighted by Crippen LogP contribution is -2.45. The number of aromatic nitrogens is 2. The lowest BCUT2D eigenvalue weighted by Gasteiger charge is -2.40. The van der Waals surface area contributed by atoms with Crippen LogP contribution >= 0.6 is 0 Å². The largest absolute Gasteiger partial charge is 0.435 e. The molecular formula is C22H25F2N3O2. The Hall–Kier alpha value is -2.28. The van der Waals surface area contributed by atoms with Crippen LogP contribution in [0.25, 0.3) is 0 Å². The predicted molar refractivity (Wildman–Crippen MR) is 104 cm³/mol. The molecule has 1 aromatic heterocycles. The predicted octanol–water partition coefficient (Wildman–Crippen LogP) is 3.73. The number of nitrogens with one attached hydrogen (secondary N) is 1. The molecule has 2 fully saturated rings. The van der Waals surface area contributed by atoms with Crippen molar-refractivity contribution in [3.63, 3.8) is 0 Å². The van der Waals surface area contributed by atoms with Crippen molar-refractivity contribution in [1.82, 2.24) is 14.9 Å². The Labute approximate surface area is 168 Å². The zero-order chi connectivity index (χ0) is 20.0. The molecule has 29 heavy (non-hydrogen) atoms. The van der Waals surface area contributed by atoms with Gasteiger partial charge >= 0.3 is 6.61 Å². The monoisotopic (exact) mass is 401 g/mol. The quantitative estimate of drug-likeness (QED) is 0.830. The van der Waals surface area contributed by atoms with Crippen LogP contribution in [0, 0.1) is 0 Å². The van der Waals surface area contributed by atoms with E-state index >= 15 is 0 Å². The highest BCUT2D eigenvalue weighted by Crippen LogP contribution is 2.45. The van der Waals surface area contributed by atoms with Gasteiger partial charge in [-0.2, -0.15) is 8.78 Å². The molecule has 3 aliphatic rings. The van der Waals surface area contributed by atoms with Gasteiger partial charge in [0.1, 0.15) is 11.6 Å². The van der Waals surface area contributed by atoms with E-state index < -0.39 is 6.61 Å². The molecule has 1 saturated carbocycles. The molecular weight excluding hydrogens is 376 g/mol. The number of fused-ring (bicyclic) bond motifs is 2. The Morgan fingerprint density at radius 3 is 2.76 bits per heavy atom. The molecule has 1 saturated heterocycles. The molecule has 1 aromatic carbocycles. The number of aromatic amines is 1. The first kappa shape index (κ1) is 18.7. The number of alkyl halides is 2. The SMILES string of the molecule is O=c1[nH]c(C2CC2)nc2c1CCC21CCCN(Cc2ccc(OC(F)F)cc2)C1. The van der Waals surface area contributed by atoms with Gasteiger partial charge in [0, 0.05) is 30.0 Å². The summed E-state index contributed by atoms with van der Waals surface area (Å²) in [7, 11) is 0. The molecule has 5 nitrogen and oxygen atoms in total. The fourth-order valence-electron chi connectivity index (χ4n) is 5.01. The van der Waals surface area contributed by atoms with Gasteiger partial charge in [0.25, 0.3) is 5.56 Å². The van der Waals surface area contributed by atoms with E-state index in [9.17, 15) is 13.6 Å². The summed E-state index contributed by atoms with van der Waals surface area (Å²) < 4.78 is 29.1. The van der Waals surface area contributed by atoms with E-state index in [4.69, 9.17) is 4.98 Å².